The summed E-state index contributed by atoms with van der Waals surface area (Å²) in [4.78, 5) is 13.2. The van der Waals surface area contributed by atoms with Crippen LogP contribution in [0, 0.1) is 5.92 Å². The van der Waals surface area contributed by atoms with Gasteiger partial charge >= 0.3 is 5.97 Å². The maximum Gasteiger partial charge on any atom is 0.303 e. The van der Waals surface area contributed by atoms with Crippen LogP contribution in [0.4, 0.5) is 0 Å². The van der Waals surface area contributed by atoms with Crippen LogP contribution in [0.2, 0.25) is 0 Å². The highest BCUT2D eigenvalue weighted by atomic mass is 16.5. The molecule has 0 radical (unpaired) electrons. The number of carboxylic acids is 1. The molecule has 0 bridgehead atoms. The lowest BCUT2D eigenvalue weighted by molar-refractivity contribution is -0.137. The molecule has 2 heterocycles. The minimum absolute atomic E-state index is 0.324. The fraction of sp³-hybridized carbons (Fsp3) is 0.933. The SMILES string of the molecule is CCCC1CC(N2CCC(CCC(=O)O)C2)CCO1. The first-order chi connectivity index (χ1) is 9.19. The van der Waals surface area contributed by atoms with E-state index >= 15 is 0 Å². The Bertz CT molecular complexity index is 293. The lowest BCUT2D eigenvalue weighted by atomic mass is 9.98. The highest BCUT2D eigenvalue weighted by Crippen LogP contribution is 2.28. The highest BCUT2D eigenvalue weighted by Gasteiger charge is 2.32. The fourth-order valence-corrected chi connectivity index (χ4v) is 3.47. The topological polar surface area (TPSA) is 49.8 Å². The zero-order valence-electron chi connectivity index (χ0n) is 12.0. The summed E-state index contributed by atoms with van der Waals surface area (Å²) in [5, 5.41) is 8.75. The monoisotopic (exact) mass is 269 g/mol. The molecule has 2 saturated heterocycles. The van der Waals surface area contributed by atoms with Crippen LogP contribution in [0.1, 0.15) is 51.9 Å². The molecule has 4 heteroatoms. The molecule has 3 atom stereocenters. The summed E-state index contributed by atoms with van der Waals surface area (Å²) in [5.41, 5.74) is 0. The van der Waals surface area contributed by atoms with E-state index in [4.69, 9.17) is 9.84 Å². The van der Waals surface area contributed by atoms with E-state index in [0.29, 0.717) is 24.5 Å². The van der Waals surface area contributed by atoms with Gasteiger partial charge in [-0.3, -0.25) is 9.69 Å². The lowest BCUT2D eigenvalue weighted by Crippen LogP contribution is -2.41. The predicted octanol–water partition coefficient (Wildman–Crippen LogP) is 2.52. The molecule has 19 heavy (non-hydrogen) atoms. The molecule has 0 aromatic rings. The highest BCUT2D eigenvalue weighted by molar-refractivity contribution is 5.66. The Hall–Kier alpha value is -0.610. The summed E-state index contributed by atoms with van der Waals surface area (Å²) in [6.07, 6.45) is 7.46. The summed E-state index contributed by atoms with van der Waals surface area (Å²) < 4.78 is 5.81. The minimum Gasteiger partial charge on any atom is -0.481 e. The summed E-state index contributed by atoms with van der Waals surface area (Å²) in [6.45, 7) is 5.35. The number of carboxylic acid groups (broad SMARTS) is 1. The third kappa shape index (κ3) is 4.46. The molecular formula is C15H27NO3. The number of hydrogen-bond acceptors (Lipinski definition) is 3. The Balaban J connectivity index is 1.75. The molecule has 0 spiro atoms. The van der Waals surface area contributed by atoms with Crippen molar-refractivity contribution in [2.75, 3.05) is 19.7 Å². The first kappa shape index (κ1) is 14.8. The molecular weight excluding hydrogens is 242 g/mol. The van der Waals surface area contributed by atoms with Gasteiger partial charge in [0.25, 0.3) is 0 Å². The molecule has 0 aromatic carbocycles. The molecule has 2 rings (SSSR count). The molecule has 110 valence electrons. The van der Waals surface area contributed by atoms with Crippen molar-refractivity contribution < 1.29 is 14.6 Å². The van der Waals surface area contributed by atoms with Gasteiger partial charge in [0.2, 0.25) is 0 Å². The van der Waals surface area contributed by atoms with Crippen molar-refractivity contribution in [3.63, 3.8) is 0 Å². The molecule has 2 aliphatic rings. The van der Waals surface area contributed by atoms with Crippen molar-refractivity contribution in [1.82, 2.24) is 4.90 Å². The first-order valence-corrected chi connectivity index (χ1v) is 7.76. The van der Waals surface area contributed by atoms with Crippen molar-refractivity contribution >= 4 is 5.97 Å². The van der Waals surface area contributed by atoms with E-state index in [1.54, 1.807) is 0 Å². The normalized spacial score (nSPS) is 32.6. The van der Waals surface area contributed by atoms with Crippen LogP contribution < -0.4 is 0 Å². The second-order valence-electron chi connectivity index (χ2n) is 6.04. The van der Waals surface area contributed by atoms with Crippen LogP contribution in [0.15, 0.2) is 0 Å². The van der Waals surface area contributed by atoms with Crippen LogP contribution in [-0.4, -0.2) is 47.8 Å². The standard InChI is InChI=1S/C15H27NO3/c1-2-3-14-10-13(7-9-19-14)16-8-6-12(11-16)4-5-15(17)18/h12-14H,2-11H2,1H3,(H,17,18). The van der Waals surface area contributed by atoms with Crippen LogP contribution in [0.25, 0.3) is 0 Å². The smallest absolute Gasteiger partial charge is 0.303 e. The second-order valence-corrected chi connectivity index (χ2v) is 6.04. The molecule has 4 nitrogen and oxygen atoms in total. The molecule has 0 saturated carbocycles. The number of nitrogens with zero attached hydrogens (tertiary/aromatic N) is 1. The number of likely N-dealkylation sites (tertiary alicyclic amines) is 1. The van der Waals surface area contributed by atoms with E-state index in [2.05, 4.69) is 11.8 Å². The quantitative estimate of drug-likeness (QED) is 0.805. The summed E-state index contributed by atoms with van der Waals surface area (Å²) in [6, 6.07) is 0.667. The van der Waals surface area contributed by atoms with Gasteiger partial charge < -0.3 is 9.84 Å². The van der Waals surface area contributed by atoms with Crippen LogP contribution in [0.5, 0.6) is 0 Å². The number of ether oxygens (including phenoxy) is 1. The second kappa shape index (κ2) is 7.25. The molecule has 0 amide bonds. The number of aliphatic carboxylic acids is 1. The summed E-state index contributed by atoms with van der Waals surface area (Å²) in [7, 11) is 0. The van der Waals surface area contributed by atoms with Crippen molar-refractivity contribution in [2.24, 2.45) is 5.92 Å². The largest absolute Gasteiger partial charge is 0.481 e. The third-order valence-corrected chi connectivity index (χ3v) is 4.55. The van der Waals surface area contributed by atoms with Crippen LogP contribution >= 0.6 is 0 Å². The molecule has 0 aliphatic carbocycles. The van der Waals surface area contributed by atoms with Gasteiger partial charge in [0.05, 0.1) is 6.10 Å². The predicted molar refractivity (Wildman–Crippen MR) is 74.2 cm³/mol. The van der Waals surface area contributed by atoms with Crippen molar-refractivity contribution in [3.8, 4) is 0 Å². The van der Waals surface area contributed by atoms with Crippen molar-refractivity contribution in [1.29, 1.82) is 0 Å². The first-order valence-electron chi connectivity index (χ1n) is 7.76. The van der Waals surface area contributed by atoms with E-state index in [1.165, 1.54) is 25.7 Å². The molecule has 2 aliphatic heterocycles. The van der Waals surface area contributed by atoms with E-state index in [1.807, 2.05) is 0 Å². The average molecular weight is 269 g/mol. The Morgan fingerprint density at radius 2 is 2.21 bits per heavy atom. The fourth-order valence-electron chi connectivity index (χ4n) is 3.47. The van der Waals surface area contributed by atoms with Gasteiger partial charge in [-0.2, -0.15) is 0 Å². The third-order valence-electron chi connectivity index (χ3n) is 4.55. The number of rotatable bonds is 6. The zero-order valence-corrected chi connectivity index (χ0v) is 12.0. The summed E-state index contributed by atoms with van der Waals surface area (Å²) >= 11 is 0. The van der Waals surface area contributed by atoms with E-state index in [9.17, 15) is 4.79 Å². The molecule has 0 aromatic heterocycles. The van der Waals surface area contributed by atoms with Crippen LogP contribution in [0.3, 0.4) is 0 Å². The maximum absolute atomic E-state index is 10.6. The molecule has 2 fully saturated rings. The van der Waals surface area contributed by atoms with E-state index < -0.39 is 5.97 Å². The van der Waals surface area contributed by atoms with E-state index in [0.717, 1.165) is 32.5 Å². The van der Waals surface area contributed by atoms with Gasteiger partial charge in [0.1, 0.15) is 0 Å². The van der Waals surface area contributed by atoms with Gasteiger partial charge in [-0.25, -0.2) is 0 Å². The molecule has 3 unspecified atom stereocenters. The number of hydrogen-bond donors (Lipinski definition) is 1. The zero-order chi connectivity index (χ0) is 13.7. The Morgan fingerprint density at radius 1 is 1.37 bits per heavy atom. The average Bonchev–Trinajstić information content (AvgIpc) is 2.86. The van der Waals surface area contributed by atoms with Crippen molar-refractivity contribution in [2.45, 2.75) is 64.0 Å². The van der Waals surface area contributed by atoms with Crippen LogP contribution in [-0.2, 0) is 9.53 Å². The van der Waals surface area contributed by atoms with Gasteiger partial charge in [-0.15, -0.1) is 0 Å². The summed E-state index contributed by atoms with van der Waals surface area (Å²) in [5.74, 6) is -0.0731. The van der Waals surface area contributed by atoms with Gasteiger partial charge in [0, 0.05) is 25.6 Å². The Morgan fingerprint density at radius 3 is 2.95 bits per heavy atom. The maximum atomic E-state index is 10.6. The lowest BCUT2D eigenvalue weighted by Gasteiger charge is -2.35. The van der Waals surface area contributed by atoms with E-state index in [-0.39, 0.29) is 0 Å². The van der Waals surface area contributed by atoms with Gasteiger partial charge in [0.15, 0.2) is 0 Å². The Kier molecular flexibility index (Phi) is 5.64. The van der Waals surface area contributed by atoms with Crippen molar-refractivity contribution in [3.05, 3.63) is 0 Å². The van der Waals surface area contributed by atoms with Gasteiger partial charge in [-0.05, 0) is 44.6 Å². The molecule has 1 N–H and O–H groups in total. The minimum atomic E-state index is -0.660. The number of carbonyl (C=O) groups is 1. The Labute approximate surface area is 116 Å². The van der Waals surface area contributed by atoms with Gasteiger partial charge in [-0.1, -0.05) is 13.3 Å².